The molecule has 2 aliphatic rings. The van der Waals surface area contributed by atoms with Gasteiger partial charge < -0.3 is 10.1 Å². The molecule has 5 nitrogen and oxygen atoms in total. The summed E-state index contributed by atoms with van der Waals surface area (Å²) >= 11 is 0. The molecule has 1 aliphatic heterocycles. The second kappa shape index (κ2) is 5.41. The minimum Gasteiger partial charge on any atom is -0.493 e. The van der Waals surface area contributed by atoms with E-state index in [9.17, 15) is 4.79 Å². The zero-order valence-corrected chi connectivity index (χ0v) is 13.3. The SMILES string of the molecule is CCCn1nccc1NC(=O)[C@@H]1C[C@]12CCOc1ccccc12. The monoisotopic (exact) mass is 311 g/mol. The number of ether oxygens (including phenoxy) is 1. The Bertz CT molecular complexity index is 739. The standard InChI is InChI=1S/C18H21N3O2/c1-2-10-21-16(7-9-19-21)20-17(22)14-12-18(14)8-11-23-15-6-4-3-5-13(15)18/h3-7,9,14H,2,8,10-12H2,1H3,(H,20,22)/t14-,18-/m0/s1. The van der Waals surface area contributed by atoms with E-state index in [1.807, 2.05) is 28.9 Å². The third-order valence-electron chi connectivity index (χ3n) is 5.02. The molecule has 1 aromatic heterocycles. The number of hydrogen-bond donors (Lipinski definition) is 1. The van der Waals surface area contributed by atoms with Crippen LogP contribution in [0.15, 0.2) is 36.5 Å². The van der Waals surface area contributed by atoms with Crippen LogP contribution in [0.1, 0.15) is 31.7 Å². The number of carbonyl (C=O) groups is 1. The lowest BCUT2D eigenvalue weighted by Gasteiger charge is -2.26. The molecule has 1 fully saturated rings. The molecule has 0 radical (unpaired) electrons. The molecule has 120 valence electrons. The summed E-state index contributed by atoms with van der Waals surface area (Å²) in [7, 11) is 0. The number of para-hydroxylation sites is 1. The number of nitrogens with one attached hydrogen (secondary N) is 1. The van der Waals surface area contributed by atoms with Crippen LogP contribution in [0.3, 0.4) is 0 Å². The maximum atomic E-state index is 12.7. The van der Waals surface area contributed by atoms with Crippen molar-refractivity contribution < 1.29 is 9.53 Å². The van der Waals surface area contributed by atoms with Gasteiger partial charge in [-0.05, 0) is 25.3 Å². The summed E-state index contributed by atoms with van der Waals surface area (Å²) in [5.41, 5.74) is 1.16. The highest BCUT2D eigenvalue weighted by atomic mass is 16.5. The highest BCUT2D eigenvalue weighted by Crippen LogP contribution is 2.60. The number of amides is 1. The van der Waals surface area contributed by atoms with Gasteiger partial charge >= 0.3 is 0 Å². The van der Waals surface area contributed by atoms with Crippen molar-refractivity contribution >= 4 is 11.7 Å². The Morgan fingerprint density at radius 3 is 3.17 bits per heavy atom. The van der Waals surface area contributed by atoms with Gasteiger partial charge in [0.2, 0.25) is 5.91 Å². The molecule has 4 rings (SSSR count). The van der Waals surface area contributed by atoms with Crippen molar-refractivity contribution in [2.75, 3.05) is 11.9 Å². The number of aryl methyl sites for hydroxylation is 1. The Morgan fingerprint density at radius 2 is 2.30 bits per heavy atom. The number of rotatable bonds is 4. The number of fused-ring (bicyclic) bond motifs is 2. The highest BCUT2D eigenvalue weighted by Gasteiger charge is 2.61. The predicted molar refractivity (Wildman–Crippen MR) is 87.5 cm³/mol. The van der Waals surface area contributed by atoms with Crippen molar-refractivity contribution in [3.05, 3.63) is 42.1 Å². The third kappa shape index (κ3) is 2.31. The fourth-order valence-electron chi connectivity index (χ4n) is 3.75. The van der Waals surface area contributed by atoms with E-state index in [0.29, 0.717) is 6.61 Å². The molecule has 1 N–H and O–H groups in total. The first-order chi connectivity index (χ1) is 11.2. The average molecular weight is 311 g/mol. The molecule has 1 aliphatic carbocycles. The van der Waals surface area contributed by atoms with Crippen LogP contribution in [0.25, 0.3) is 0 Å². The van der Waals surface area contributed by atoms with Gasteiger partial charge in [0.05, 0.1) is 12.8 Å². The minimum atomic E-state index is -0.0332. The molecule has 1 amide bonds. The molecule has 2 aromatic rings. The maximum absolute atomic E-state index is 12.7. The van der Waals surface area contributed by atoms with Crippen LogP contribution >= 0.6 is 0 Å². The third-order valence-corrected chi connectivity index (χ3v) is 5.02. The van der Waals surface area contributed by atoms with E-state index >= 15 is 0 Å². The van der Waals surface area contributed by atoms with Crippen LogP contribution in [-0.4, -0.2) is 22.3 Å². The van der Waals surface area contributed by atoms with Crippen molar-refractivity contribution in [1.29, 1.82) is 0 Å². The molecule has 5 heteroatoms. The van der Waals surface area contributed by atoms with E-state index in [1.165, 1.54) is 5.56 Å². The Kier molecular flexibility index (Phi) is 3.36. The molecule has 1 aromatic carbocycles. The molecule has 1 saturated carbocycles. The molecule has 0 saturated heterocycles. The van der Waals surface area contributed by atoms with Crippen molar-refractivity contribution in [2.24, 2.45) is 5.92 Å². The Labute approximate surface area is 135 Å². The van der Waals surface area contributed by atoms with Crippen LogP contribution in [0.2, 0.25) is 0 Å². The number of anilines is 1. The lowest BCUT2D eigenvalue weighted by atomic mass is 9.87. The molecule has 23 heavy (non-hydrogen) atoms. The summed E-state index contributed by atoms with van der Waals surface area (Å²) in [5, 5.41) is 7.32. The summed E-state index contributed by atoms with van der Waals surface area (Å²) in [5.74, 6) is 1.85. The number of carbonyl (C=O) groups excluding carboxylic acids is 1. The molecule has 0 unspecified atom stereocenters. The van der Waals surface area contributed by atoms with E-state index < -0.39 is 0 Å². The minimum absolute atomic E-state index is 0.0255. The normalized spacial score (nSPS) is 24.8. The van der Waals surface area contributed by atoms with E-state index in [2.05, 4.69) is 23.4 Å². The van der Waals surface area contributed by atoms with E-state index in [-0.39, 0.29) is 17.2 Å². The molecular formula is C18H21N3O2. The summed E-state index contributed by atoms with van der Waals surface area (Å²) < 4.78 is 7.59. The number of aromatic nitrogens is 2. The van der Waals surface area contributed by atoms with Gasteiger partial charge in [-0.15, -0.1) is 0 Å². The second-order valence-corrected chi connectivity index (χ2v) is 6.44. The van der Waals surface area contributed by atoms with Crippen LogP contribution in [0.5, 0.6) is 5.75 Å². The van der Waals surface area contributed by atoms with Gasteiger partial charge in [-0.25, -0.2) is 4.68 Å². The quantitative estimate of drug-likeness (QED) is 0.944. The molecule has 0 bridgehead atoms. The van der Waals surface area contributed by atoms with Crippen LogP contribution < -0.4 is 10.1 Å². The second-order valence-electron chi connectivity index (χ2n) is 6.44. The molecule has 2 atom stereocenters. The van der Waals surface area contributed by atoms with E-state index in [1.54, 1.807) is 6.20 Å². The zero-order chi connectivity index (χ0) is 15.9. The number of benzene rings is 1. The zero-order valence-electron chi connectivity index (χ0n) is 13.3. The average Bonchev–Trinajstić information content (AvgIpc) is 3.12. The summed E-state index contributed by atoms with van der Waals surface area (Å²) in [6.45, 7) is 3.60. The lowest BCUT2D eigenvalue weighted by molar-refractivity contribution is -0.117. The molecule has 1 spiro atoms. The molecule has 2 heterocycles. The number of nitrogens with zero attached hydrogens (tertiary/aromatic N) is 2. The molecular weight excluding hydrogens is 290 g/mol. The van der Waals surface area contributed by atoms with E-state index in [4.69, 9.17) is 4.74 Å². The van der Waals surface area contributed by atoms with Crippen molar-refractivity contribution in [3.8, 4) is 5.75 Å². The summed E-state index contributed by atoms with van der Waals surface area (Å²) in [4.78, 5) is 12.7. The van der Waals surface area contributed by atoms with Crippen molar-refractivity contribution in [1.82, 2.24) is 9.78 Å². The smallest absolute Gasteiger partial charge is 0.229 e. The first-order valence-corrected chi connectivity index (χ1v) is 8.29. The maximum Gasteiger partial charge on any atom is 0.229 e. The summed E-state index contributed by atoms with van der Waals surface area (Å²) in [6, 6.07) is 9.97. The number of hydrogen-bond acceptors (Lipinski definition) is 3. The Morgan fingerprint density at radius 1 is 1.43 bits per heavy atom. The van der Waals surface area contributed by atoms with Gasteiger partial charge in [0, 0.05) is 29.5 Å². The van der Waals surface area contributed by atoms with Crippen LogP contribution in [0, 0.1) is 5.92 Å². The topological polar surface area (TPSA) is 56.2 Å². The fourth-order valence-corrected chi connectivity index (χ4v) is 3.75. The highest BCUT2D eigenvalue weighted by molar-refractivity contribution is 5.95. The van der Waals surface area contributed by atoms with Gasteiger partial charge in [-0.3, -0.25) is 4.79 Å². The Balaban J connectivity index is 1.53. The Hall–Kier alpha value is -2.30. The van der Waals surface area contributed by atoms with Gasteiger partial charge in [-0.1, -0.05) is 25.1 Å². The van der Waals surface area contributed by atoms with E-state index in [0.717, 1.165) is 37.4 Å². The van der Waals surface area contributed by atoms with Crippen LogP contribution in [0.4, 0.5) is 5.82 Å². The van der Waals surface area contributed by atoms with Crippen LogP contribution in [-0.2, 0) is 16.8 Å². The van der Waals surface area contributed by atoms with Gasteiger partial charge in [-0.2, -0.15) is 5.10 Å². The van der Waals surface area contributed by atoms with Crippen molar-refractivity contribution in [3.63, 3.8) is 0 Å². The largest absolute Gasteiger partial charge is 0.493 e. The first-order valence-electron chi connectivity index (χ1n) is 8.29. The predicted octanol–water partition coefficient (Wildman–Crippen LogP) is 2.97. The van der Waals surface area contributed by atoms with Gasteiger partial charge in [0.25, 0.3) is 0 Å². The van der Waals surface area contributed by atoms with Gasteiger partial charge in [0.1, 0.15) is 11.6 Å². The fraction of sp³-hybridized carbons (Fsp3) is 0.444. The van der Waals surface area contributed by atoms with Crippen molar-refractivity contribution in [2.45, 2.75) is 38.1 Å². The van der Waals surface area contributed by atoms with Gasteiger partial charge in [0.15, 0.2) is 0 Å². The summed E-state index contributed by atoms with van der Waals surface area (Å²) in [6.07, 6.45) is 4.54. The lowest BCUT2D eigenvalue weighted by Crippen LogP contribution is -2.27. The first kappa shape index (κ1) is 14.3.